The molecule has 3 aromatic rings. The van der Waals surface area contributed by atoms with Crippen molar-refractivity contribution in [2.45, 2.75) is 32.1 Å². The van der Waals surface area contributed by atoms with Gasteiger partial charge in [0.15, 0.2) is 0 Å². The van der Waals surface area contributed by atoms with Crippen LogP contribution in [-0.4, -0.2) is 41.1 Å². The Labute approximate surface area is 176 Å². The van der Waals surface area contributed by atoms with E-state index in [1.807, 2.05) is 35.2 Å². The van der Waals surface area contributed by atoms with E-state index in [2.05, 4.69) is 34.4 Å². The molecule has 1 aliphatic rings. The maximum absolute atomic E-state index is 12.6. The molecule has 1 fully saturated rings. The average Bonchev–Trinajstić information content (AvgIpc) is 3.28. The van der Waals surface area contributed by atoms with Crippen LogP contribution < -0.4 is 4.74 Å². The van der Waals surface area contributed by atoms with Gasteiger partial charge >= 0.3 is 0 Å². The molecular weight excluding hydrogens is 378 g/mol. The number of rotatable bonds is 7. The zero-order valence-corrected chi connectivity index (χ0v) is 17.3. The van der Waals surface area contributed by atoms with E-state index >= 15 is 0 Å². The lowest BCUT2D eigenvalue weighted by molar-refractivity contribution is -0.132. The van der Waals surface area contributed by atoms with E-state index in [4.69, 9.17) is 9.26 Å². The number of benzene rings is 2. The lowest BCUT2D eigenvalue weighted by atomic mass is 9.90. The molecule has 0 bridgehead atoms. The largest absolute Gasteiger partial charge is 0.497 e. The van der Waals surface area contributed by atoms with Crippen LogP contribution in [0.5, 0.6) is 5.75 Å². The summed E-state index contributed by atoms with van der Waals surface area (Å²) in [5.74, 6) is 2.62. The van der Waals surface area contributed by atoms with Gasteiger partial charge in [-0.3, -0.25) is 4.79 Å². The molecule has 0 spiro atoms. The summed E-state index contributed by atoms with van der Waals surface area (Å²) < 4.78 is 10.5. The first kappa shape index (κ1) is 20.1. The highest BCUT2D eigenvalue weighted by atomic mass is 16.5. The molecule has 1 amide bonds. The monoisotopic (exact) mass is 405 g/mol. The van der Waals surface area contributed by atoms with Gasteiger partial charge in [-0.05, 0) is 55.0 Å². The summed E-state index contributed by atoms with van der Waals surface area (Å²) >= 11 is 0. The van der Waals surface area contributed by atoms with Crippen molar-refractivity contribution in [2.24, 2.45) is 5.92 Å². The van der Waals surface area contributed by atoms with Gasteiger partial charge < -0.3 is 14.2 Å². The first-order valence-electron chi connectivity index (χ1n) is 10.5. The number of likely N-dealkylation sites (tertiary alicyclic amines) is 1. The Kier molecular flexibility index (Phi) is 6.42. The minimum Gasteiger partial charge on any atom is -0.497 e. The third kappa shape index (κ3) is 5.06. The zero-order chi connectivity index (χ0) is 20.8. The highest BCUT2D eigenvalue weighted by molar-refractivity contribution is 5.76. The number of nitrogens with zero attached hydrogens (tertiary/aromatic N) is 3. The molecule has 0 saturated carbocycles. The van der Waals surface area contributed by atoms with Crippen LogP contribution in [0.3, 0.4) is 0 Å². The standard InChI is InChI=1S/C24H27N3O3/c1-29-21-9-7-20(8-10-21)24-25-22(30-26-24)11-12-23(28)27-15-13-19(14-16-27)17-18-5-3-2-4-6-18/h2-10,19H,11-17H2,1H3. The van der Waals surface area contributed by atoms with Crippen LogP contribution in [0, 0.1) is 5.92 Å². The second-order valence-electron chi connectivity index (χ2n) is 7.75. The Hall–Kier alpha value is -3.15. The number of aryl methyl sites for hydroxylation is 1. The molecule has 156 valence electrons. The fraction of sp³-hybridized carbons (Fsp3) is 0.375. The SMILES string of the molecule is COc1ccc(-c2noc(CCC(=O)N3CCC(Cc4ccccc4)CC3)n2)cc1. The van der Waals surface area contributed by atoms with E-state index in [1.165, 1.54) is 5.56 Å². The predicted molar refractivity (Wildman–Crippen MR) is 114 cm³/mol. The van der Waals surface area contributed by atoms with E-state index in [0.717, 1.165) is 43.7 Å². The van der Waals surface area contributed by atoms with E-state index < -0.39 is 0 Å². The van der Waals surface area contributed by atoms with Gasteiger partial charge in [-0.25, -0.2) is 0 Å². The molecule has 0 atom stereocenters. The van der Waals surface area contributed by atoms with Gasteiger partial charge in [-0.15, -0.1) is 0 Å². The number of ether oxygens (including phenoxy) is 1. The van der Waals surface area contributed by atoms with E-state index in [0.29, 0.717) is 30.5 Å². The van der Waals surface area contributed by atoms with Crippen molar-refractivity contribution in [3.05, 3.63) is 66.1 Å². The fourth-order valence-corrected chi connectivity index (χ4v) is 3.92. The second kappa shape index (κ2) is 9.57. The first-order valence-corrected chi connectivity index (χ1v) is 10.5. The lowest BCUT2D eigenvalue weighted by Crippen LogP contribution is -2.39. The molecule has 1 aromatic heterocycles. The highest BCUT2D eigenvalue weighted by Gasteiger charge is 2.23. The summed E-state index contributed by atoms with van der Waals surface area (Å²) in [6, 6.07) is 18.1. The molecule has 0 N–H and O–H groups in total. The molecule has 6 nitrogen and oxygen atoms in total. The maximum atomic E-state index is 12.6. The Morgan fingerprint density at radius 3 is 2.53 bits per heavy atom. The molecule has 4 rings (SSSR count). The highest BCUT2D eigenvalue weighted by Crippen LogP contribution is 2.23. The summed E-state index contributed by atoms with van der Waals surface area (Å²) in [6.07, 6.45) is 4.07. The fourth-order valence-electron chi connectivity index (χ4n) is 3.92. The van der Waals surface area contributed by atoms with E-state index in [9.17, 15) is 4.79 Å². The molecule has 30 heavy (non-hydrogen) atoms. The molecule has 2 aromatic carbocycles. The Morgan fingerprint density at radius 2 is 1.83 bits per heavy atom. The second-order valence-corrected chi connectivity index (χ2v) is 7.75. The van der Waals surface area contributed by atoms with Crippen LogP contribution in [0.2, 0.25) is 0 Å². The van der Waals surface area contributed by atoms with Crippen molar-refractivity contribution in [3.63, 3.8) is 0 Å². The van der Waals surface area contributed by atoms with Gasteiger partial charge in [-0.2, -0.15) is 4.98 Å². The van der Waals surface area contributed by atoms with Crippen molar-refractivity contribution >= 4 is 5.91 Å². The Morgan fingerprint density at radius 1 is 1.10 bits per heavy atom. The maximum Gasteiger partial charge on any atom is 0.227 e. The average molecular weight is 405 g/mol. The summed E-state index contributed by atoms with van der Waals surface area (Å²) in [5.41, 5.74) is 2.24. The summed E-state index contributed by atoms with van der Waals surface area (Å²) in [6.45, 7) is 1.66. The normalized spacial score (nSPS) is 14.6. The molecule has 1 saturated heterocycles. The van der Waals surface area contributed by atoms with Crippen LogP contribution in [0.15, 0.2) is 59.1 Å². The quantitative estimate of drug-likeness (QED) is 0.590. The van der Waals surface area contributed by atoms with Crippen molar-refractivity contribution in [2.75, 3.05) is 20.2 Å². The first-order chi connectivity index (χ1) is 14.7. The summed E-state index contributed by atoms with van der Waals surface area (Å²) in [7, 11) is 1.63. The summed E-state index contributed by atoms with van der Waals surface area (Å²) in [4.78, 5) is 19.0. The number of carbonyl (C=O) groups is 1. The topological polar surface area (TPSA) is 68.5 Å². The lowest BCUT2D eigenvalue weighted by Gasteiger charge is -2.32. The number of methoxy groups -OCH3 is 1. The van der Waals surface area contributed by atoms with Gasteiger partial charge in [0.05, 0.1) is 7.11 Å². The number of aromatic nitrogens is 2. The molecule has 2 heterocycles. The third-order valence-corrected chi connectivity index (χ3v) is 5.70. The van der Waals surface area contributed by atoms with Gasteiger partial charge in [0.2, 0.25) is 17.6 Å². The number of hydrogen-bond acceptors (Lipinski definition) is 5. The Balaban J connectivity index is 1.24. The number of piperidine rings is 1. The van der Waals surface area contributed by atoms with Crippen LogP contribution in [-0.2, 0) is 17.6 Å². The van der Waals surface area contributed by atoms with Crippen molar-refractivity contribution in [3.8, 4) is 17.1 Å². The van der Waals surface area contributed by atoms with Crippen molar-refractivity contribution in [1.82, 2.24) is 15.0 Å². The third-order valence-electron chi connectivity index (χ3n) is 5.70. The van der Waals surface area contributed by atoms with Gasteiger partial charge in [0.1, 0.15) is 5.75 Å². The van der Waals surface area contributed by atoms with Gasteiger partial charge in [0, 0.05) is 31.5 Å². The predicted octanol–water partition coefficient (Wildman–Crippen LogP) is 4.16. The molecule has 1 aliphatic heterocycles. The van der Waals surface area contributed by atoms with Crippen LogP contribution in [0.4, 0.5) is 0 Å². The smallest absolute Gasteiger partial charge is 0.227 e. The molecule has 6 heteroatoms. The van der Waals surface area contributed by atoms with Gasteiger partial charge in [-0.1, -0.05) is 35.5 Å². The van der Waals surface area contributed by atoms with E-state index in [1.54, 1.807) is 7.11 Å². The van der Waals surface area contributed by atoms with Crippen LogP contribution >= 0.6 is 0 Å². The van der Waals surface area contributed by atoms with Gasteiger partial charge in [0.25, 0.3) is 0 Å². The van der Waals surface area contributed by atoms with Crippen LogP contribution in [0.1, 0.15) is 30.7 Å². The molecule has 0 unspecified atom stereocenters. The van der Waals surface area contributed by atoms with E-state index in [-0.39, 0.29) is 5.91 Å². The zero-order valence-electron chi connectivity index (χ0n) is 17.3. The van der Waals surface area contributed by atoms with Crippen LogP contribution in [0.25, 0.3) is 11.4 Å². The van der Waals surface area contributed by atoms with Crippen molar-refractivity contribution < 1.29 is 14.1 Å². The summed E-state index contributed by atoms with van der Waals surface area (Å²) in [5, 5.41) is 4.03. The minimum atomic E-state index is 0.164. The number of hydrogen-bond donors (Lipinski definition) is 0. The minimum absolute atomic E-state index is 0.164. The molecular formula is C24H27N3O3. The number of carbonyl (C=O) groups excluding carboxylic acids is 1. The molecule has 0 radical (unpaired) electrons. The molecule has 0 aliphatic carbocycles. The van der Waals surface area contributed by atoms with Crippen molar-refractivity contribution in [1.29, 1.82) is 0 Å². The number of amides is 1. The Bertz CT molecular complexity index is 945.